The summed E-state index contributed by atoms with van der Waals surface area (Å²) >= 11 is 7.78. The summed E-state index contributed by atoms with van der Waals surface area (Å²) in [4.78, 5) is 9.05. The van der Waals surface area contributed by atoms with Crippen LogP contribution in [0.5, 0.6) is 0 Å². The summed E-state index contributed by atoms with van der Waals surface area (Å²) in [7, 11) is 0. The maximum atomic E-state index is 13.9. The van der Waals surface area contributed by atoms with Crippen molar-refractivity contribution in [1.82, 2.24) is 9.97 Å². The van der Waals surface area contributed by atoms with E-state index in [0.717, 1.165) is 11.0 Å². The molecule has 0 spiro atoms. The number of fused-ring (bicyclic) bond motifs is 1. The Kier molecular flexibility index (Phi) is 5.58. The van der Waals surface area contributed by atoms with Crippen molar-refractivity contribution in [2.45, 2.75) is 6.18 Å². The Balaban J connectivity index is 2.28. The Morgan fingerprint density at radius 3 is 2.52 bits per heavy atom. The molecule has 0 amide bonds. The number of nitrogen functional groups attached to an aromatic ring is 1. The Bertz CT molecular complexity index is 978. The van der Waals surface area contributed by atoms with Gasteiger partial charge < -0.3 is 4.90 Å². The average molecular weight is 512 g/mol. The van der Waals surface area contributed by atoms with Gasteiger partial charge in [0.15, 0.2) is 0 Å². The minimum absolute atomic E-state index is 0.00496. The van der Waals surface area contributed by atoms with E-state index in [1.165, 1.54) is 30.3 Å². The highest BCUT2D eigenvalue weighted by Crippen LogP contribution is 2.35. The number of nitrogens with zero attached hydrogens (tertiary/aromatic N) is 3. The second kappa shape index (κ2) is 7.60. The van der Waals surface area contributed by atoms with Gasteiger partial charge in [-0.25, -0.2) is 15.2 Å². The number of nitrogens with one attached hydrogen (secondary N) is 1. The van der Waals surface area contributed by atoms with E-state index in [1.807, 2.05) is 22.6 Å². The number of benzene rings is 2. The second-order valence-corrected chi connectivity index (χ2v) is 7.19. The summed E-state index contributed by atoms with van der Waals surface area (Å²) in [6, 6.07) is 8.13. The second-order valence-electron chi connectivity index (χ2n) is 5.51. The number of hydrogen-bond donors (Lipinski definition) is 2. The van der Waals surface area contributed by atoms with Gasteiger partial charge in [0, 0.05) is 19.7 Å². The molecule has 1 heterocycles. The van der Waals surface area contributed by atoms with Gasteiger partial charge in [-0.05, 0) is 59.0 Å². The van der Waals surface area contributed by atoms with Gasteiger partial charge in [0.1, 0.15) is 18.2 Å². The predicted octanol–water partition coefficient (Wildman–Crippen LogP) is 5.01. The minimum Gasteiger partial charge on any atom is -0.316 e. The molecule has 0 unspecified atom stereocenters. The molecule has 142 valence electrons. The lowest BCUT2D eigenvalue weighted by Crippen LogP contribution is -2.32. The number of alkyl halides is 3. The van der Waals surface area contributed by atoms with Crippen LogP contribution in [-0.4, -0.2) is 22.7 Å². The summed E-state index contributed by atoms with van der Waals surface area (Å²) in [6.07, 6.45) is -4.57. The highest BCUT2D eigenvalue weighted by atomic mass is 127. The van der Waals surface area contributed by atoms with Gasteiger partial charge in [0.05, 0.1) is 5.52 Å². The zero-order valence-corrected chi connectivity index (χ0v) is 16.3. The largest absolute Gasteiger partial charge is 0.406 e. The summed E-state index contributed by atoms with van der Waals surface area (Å²) < 4.78 is 54.1. The molecule has 0 bridgehead atoms. The van der Waals surface area contributed by atoms with Gasteiger partial charge in [-0.3, -0.25) is 5.43 Å². The molecule has 11 heteroatoms. The summed E-state index contributed by atoms with van der Waals surface area (Å²) in [6.45, 7) is -1.38. The first-order chi connectivity index (χ1) is 12.7. The van der Waals surface area contributed by atoms with Crippen LogP contribution in [0.1, 0.15) is 0 Å². The number of nitrogens with two attached hydrogens (primary N) is 1. The molecule has 0 radical (unpaired) electrons. The van der Waals surface area contributed by atoms with Crippen LogP contribution in [0.2, 0.25) is 5.02 Å². The van der Waals surface area contributed by atoms with E-state index in [4.69, 9.17) is 17.4 Å². The number of hydrazine groups is 1. The highest BCUT2D eigenvalue weighted by Gasteiger charge is 2.33. The zero-order valence-electron chi connectivity index (χ0n) is 13.4. The molecular formula is C16H11ClF4IN5. The van der Waals surface area contributed by atoms with Gasteiger partial charge in [-0.1, -0.05) is 11.6 Å². The van der Waals surface area contributed by atoms with Crippen molar-refractivity contribution in [3.05, 3.63) is 50.8 Å². The number of halogens is 6. The van der Waals surface area contributed by atoms with Gasteiger partial charge in [-0.15, -0.1) is 0 Å². The fraction of sp³-hybridized carbons (Fsp3) is 0.125. The molecular weight excluding hydrogens is 501 g/mol. The number of aromatic nitrogens is 2. The lowest BCUT2D eigenvalue weighted by Gasteiger charge is -2.26. The van der Waals surface area contributed by atoms with Crippen molar-refractivity contribution in [3.8, 4) is 0 Å². The van der Waals surface area contributed by atoms with Gasteiger partial charge in [0.25, 0.3) is 0 Å². The minimum atomic E-state index is -4.57. The third-order valence-electron chi connectivity index (χ3n) is 3.52. The Morgan fingerprint density at radius 2 is 1.89 bits per heavy atom. The quantitative estimate of drug-likeness (QED) is 0.223. The molecule has 3 N–H and O–H groups in total. The maximum Gasteiger partial charge on any atom is 0.406 e. The smallest absolute Gasteiger partial charge is 0.316 e. The molecule has 0 aliphatic rings. The SMILES string of the molecule is NNc1nc(N(CC(F)(F)F)c2cc(F)cc(I)c2)c2ccc(Cl)cc2n1. The summed E-state index contributed by atoms with van der Waals surface area (Å²) in [5.74, 6) is 4.51. The first kappa shape index (κ1) is 19.8. The monoisotopic (exact) mass is 511 g/mol. The molecule has 0 fully saturated rings. The molecule has 0 saturated carbocycles. The van der Waals surface area contributed by atoms with E-state index in [2.05, 4.69) is 15.4 Å². The van der Waals surface area contributed by atoms with E-state index in [1.54, 1.807) is 0 Å². The highest BCUT2D eigenvalue weighted by molar-refractivity contribution is 14.1. The molecule has 3 aromatic rings. The molecule has 0 aliphatic heterocycles. The summed E-state index contributed by atoms with van der Waals surface area (Å²) in [5, 5.41) is 0.653. The van der Waals surface area contributed by atoms with Crippen molar-refractivity contribution < 1.29 is 17.6 Å². The summed E-state index contributed by atoms with van der Waals surface area (Å²) in [5.41, 5.74) is 2.51. The lowest BCUT2D eigenvalue weighted by molar-refractivity contribution is -0.118. The topological polar surface area (TPSA) is 67.1 Å². The van der Waals surface area contributed by atoms with Crippen LogP contribution >= 0.6 is 34.2 Å². The number of rotatable bonds is 4. The van der Waals surface area contributed by atoms with E-state index in [9.17, 15) is 17.6 Å². The molecule has 0 saturated heterocycles. The third kappa shape index (κ3) is 4.68. The molecule has 27 heavy (non-hydrogen) atoms. The fourth-order valence-electron chi connectivity index (χ4n) is 2.52. The molecule has 1 aromatic heterocycles. The van der Waals surface area contributed by atoms with Gasteiger partial charge in [-0.2, -0.15) is 18.2 Å². The van der Waals surface area contributed by atoms with Crippen LogP contribution in [0.15, 0.2) is 36.4 Å². The van der Waals surface area contributed by atoms with Crippen LogP contribution in [0.25, 0.3) is 10.9 Å². The van der Waals surface area contributed by atoms with Crippen molar-refractivity contribution in [1.29, 1.82) is 0 Å². The third-order valence-corrected chi connectivity index (χ3v) is 4.38. The lowest BCUT2D eigenvalue weighted by atomic mass is 10.2. The van der Waals surface area contributed by atoms with Crippen molar-refractivity contribution >= 4 is 62.5 Å². The van der Waals surface area contributed by atoms with Crippen molar-refractivity contribution in [3.63, 3.8) is 0 Å². The van der Waals surface area contributed by atoms with Crippen molar-refractivity contribution in [2.75, 3.05) is 16.9 Å². The van der Waals surface area contributed by atoms with Crippen LogP contribution < -0.4 is 16.2 Å². The number of anilines is 3. The normalized spacial score (nSPS) is 11.7. The Labute approximate surface area is 169 Å². The standard InChI is InChI=1S/C16H11ClF4IN5/c17-8-1-2-12-13(3-8)24-15(26-23)25-14(12)27(7-16(19,20)21)11-5-9(18)4-10(22)6-11/h1-6H,7,23H2,(H,24,25,26). The van der Waals surface area contributed by atoms with Crippen LogP contribution in [0, 0.1) is 9.39 Å². The van der Waals surface area contributed by atoms with Crippen molar-refractivity contribution in [2.24, 2.45) is 5.84 Å². The van der Waals surface area contributed by atoms with Crippen LogP contribution in [-0.2, 0) is 0 Å². The molecule has 0 atom stereocenters. The Hall–Kier alpha value is -1.92. The molecule has 2 aromatic carbocycles. The predicted molar refractivity (Wildman–Crippen MR) is 105 cm³/mol. The average Bonchev–Trinajstić information content (AvgIpc) is 2.56. The Morgan fingerprint density at radius 1 is 1.15 bits per heavy atom. The van der Waals surface area contributed by atoms with E-state index >= 15 is 0 Å². The van der Waals surface area contributed by atoms with Crippen LogP contribution in [0.3, 0.4) is 0 Å². The van der Waals surface area contributed by atoms with E-state index < -0.39 is 18.5 Å². The first-order valence-corrected chi connectivity index (χ1v) is 8.86. The van der Waals surface area contributed by atoms with Gasteiger partial charge >= 0.3 is 6.18 Å². The maximum absolute atomic E-state index is 13.9. The molecule has 0 aliphatic carbocycles. The van der Waals surface area contributed by atoms with Gasteiger partial charge in [0.2, 0.25) is 5.95 Å². The first-order valence-electron chi connectivity index (χ1n) is 7.40. The van der Waals surface area contributed by atoms with Crippen LogP contribution in [0.4, 0.5) is 35.0 Å². The molecule has 3 rings (SSSR count). The van der Waals surface area contributed by atoms with E-state index in [-0.39, 0.29) is 17.5 Å². The molecule has 5 nitrogen and oxygen atoms in total. The fourth-order valence-corrected chi connectivity index (χ4v) is 3.30. The van der Waals surface area contributed by atoms with E-state index in [0.29, 0.717) is 19.5 Å². The number of hydrogen-bond acceptors (Lipinski definition) is 5. The zero-order chi connectivity index (χ0) is 19.8.